The van der Waals surface area contributed by atoms with Crippen LogP contribution in [0.1, 0.15) is 27.0 Å². The minimum Gasteiger partial charge on any atom is -0.289 e. The van der Waals surface area contributed by atoms with E-state index in [2.05, 4.69) is 0 Å². The van der Waals surface area contributed by atoms with E-state index in [1.807, 2.05) is 62.4 Å². The van der Waals surface area contributed by atoms with Gasteiger partial charge in [-0.15, -0.1) is 0 Å². The second-order valence-electron chi connectivity index (χ2n) is 4.53. The van der Waals surface area contributed by atoms with Crippen LogP contribution in [0.4, 0.5) is 0 Å². The molecule has 0 N–H and O–H groups in total. The predicted octanol–water partition coefficient (Wildman–Crippen LogP) is 4.85. The van der Waals surface area contributed by atoms with Gasteiger partial charge >= 0.3 is 0 Å². The Morgan fingerprint density at radius 2 is 1.63 bits per heavy atom. The Hall–Kier alpha value is -1.86. The van der Waals surface area contributed by atoms with Crippen molar-refractivity contribution >= 4 is 23.5 Å². The predicted molar refractivity (Wildman–Crippen MR) is 80.7 cm³/mol. The van der Waals surface area contributed by atoms with Gasteiger partial charge in [-0.3, -0.25) is 4.79 Å². The summed E-state index contributed by atoms with van der Waals surface area (Å²) in [6.45, 7) is 3.82. The third kappa shape index (κ3) is 3.33. The molecule has 0 aliphatic carbocycles. The molecule has 0 spiro atoms. The number of halogens is 1. The first-order chi connectivity index (χ1) is 9.08. The van der Waals surface area contributed by atoms with E-state index in [1.165, 1.54) is 0 Å². The van der Waals surface area contributed by atoms with Crippen molar-refractivity contribution in [3.8, 4) is 0 Å². The van der Waals surface area contributed by atoms with E-state index >= 15 is 0 Å². The van der Waals surface area contributed by atoms with E-state index in [4.69, 9.17) is 11.6 Å². The summed E-state index contributed by atoms with van der Waals surface area (Å²) in [5, 5.41) is 0.726. The molecule has 2 heteroatoms. The highest BCUT2D eigenvalue weighted by atomic mass is 35.5. The number of hydrogen-bond acceptors (Lipinski definition) is 1. The molecule has 2 aromatic rings. The molecule has 0 aliphatic heterocycles. The van der Waals surface area contributed by atoms with Crippen LogP contribution in [0.5, 0.6) is 0 Å². The third-order valence-corrected chi connectivity index (χ3v) is 3.54. The molecule has 0 fully saturated rings. The Morgan fingerprint density at radius 1 is 1.05 bits per heavy atom. The Balaban J connectivity index is 2.24. The zero-order chi connectivity index (χ0) is 13.8. The molecule has 0 heterocycles. The zero-order valence-corrected chi connectivity index (χ0v) is 11.7. The summed E-state index contributed by atoms with van der Waals surface area (Å²) in [4.78, 5) is 12.1. The summed E-state index contributed by atoms with van der Waals surface area (Å²) in [6.07, 6.45) is 3.42. The Labute approximate surface area is 118 Å². The molecule has 0 bridgehead atoms. The van der Waals surface area contributed by atoms with Gasteiger partial charge in [-0.05, 0) is 48.7 Å². The highest BCUT2D eigenvalue weighted by Crippen LogP contribution is 2.22. The molecule has 0 unspecified atom stereocenters. The normalized spacial score (nSPS) is 10.9. The van der Waals surface area contributed by atoms with Crippen LogP contribution in [-0.2, 0) is 0 Å². The molecule has 0 atom stereocenters. The maximum atomic E-state index is 12.1. The lowest BCUT2D eigenvalue weighted by atomic mass is 10.0. The van der Waals surface area contributed by atoms with Crippen molar-refractivity contribution in [1.82, 2.24) is 0 Å². The molecular formula is C17H15ClO. The number of aryl methyl sites for hydroxylation is 2. The van der Waals surface area contributed by atoms with E-state index in [9.17, 15) is 4.79 Å². The van der Waals surface area contributed by atoms with Gasteiger partial charge in [0.25, 0.3) is 0 Å². The maximum absolute atomic E-state index is 12.1. The molecule has 0 saturated heterocycles. The van der Waals surface area contributed by atoms with E-state index < -0.39 is 0 Å². The molecular weight excluding hydrogens is 256 g/mol. The topological polar surface area (TPSA) is 17.1 Å². The van der Waals surface area contributed by atoms with Crippen LogP contribution in [-0.4, -0.2) is 5.78 Å². The van der Waals surface area contributed by atoms with Gasteiger partial charge in [0.05, 0.1) is 0 Å². The summed E-state index contributed by atoms with van der Waals surface area (Å²) >= 11 is 6.10. The van der Waals surface area contributed by atoms with E-state index in [0.717, 1.165) is 21.7 Å². The molecule has 0 amide bonds. The fourth-order valence-electron chi connectivity index (χ4n) is 1.92. The second-order valence-corrected chi connectivity index (χ2v) is 4.91. The monoisotopic (exact) mass is 270 g/mol. The number of carbonyl (C=O) groups is 1. The molecule has 0 aliphatic rings. The first-order valence-corrected chi connectivity index (χ1v) is 6.50. The molecule has 2 aromatic carbocycles. The molecule has 19 heavy (non-hydrogen) atoms. The van der Waals surface area contributed by atoms with Crippen LogP contribution in [0.25, 0.3) is 6.08 Å². The van der Waals surface area contributed by atoms with Crippen molar-refractivity contribution in [3.63, 3.8) is 0 Å². The van der Waals surface area contributed by atoms with Gasteiger partial charge in [0.1, 0.15) is 0 Å². The van der Waals surface area contributed by atoms with Crippen LogP contribution in [0.3, 0.4) is 0 Å². The highest BCUT2D eigenvalue weighted by Gasteiger charge is 2.07. The van der Waals surface area contributed by atoms with Crippen molar-refractivity contribution < 1.29 is 4.79 Å². The smallest absolute Gasteiger partial charge is 0.185 e. The van der Waals surface area contributed by atoms with Gasteiger partial charge in [-0.25, -0.2) is 0 Å². The van der Waals surface area contributed by atoms with Crippen molar-refractivity contribution in [3.05, 3.63) is 75.8 Å². The van der Waals surface area contributed by atoms with Crippen LogP contribution >= 0.6 is 11.6 Å². The van der Waals surface area contributed by atoms with Crippen LogP contribution in [0.2, 0.25) is 5.02 Å². The van der Waals surface area contributed by atoms with Gasteiger partial charge in [-0.2, -0.15) is 0 Å². The van der Waals surface area contributed by atoms with Gasteiger partial charge in [-0.1, -0.05) is 48.0 Å². The standard InChI is InChI=1S/C17H15ClO/c1-12-10-15(11-13(2)17(12)18)16(19)9-8-14-6-4-3-5-7-14/h3-11H,1-2H3. The Morgan fingerprint density at radius 3 is 2.21 bits per heavy atom. The van der Waals surface area contributed by atoms with Gasteiger partial charge in [0.2, 0.25) is 0 Å². The zero-order valence-electron chi connectivity index (χ0n) is 11.0. The van der Waals surface area contributed by atoms with E-state index in [1.54, 1.807) is 6.08 Å². The number of allylic oxidation sites excluding steroid dienone is 1. The van der Waals surface area contributed by atoms with Gasteiger partial charge in [0.15, 0.2) is 5.78 Å². The molecule has 2 rings (SSSR count). The number of carbonyl (C=O) groups excluding carboxylic acids is 1. The number of hydrogen-bond donors (Lipinski definition) is 0. The molecule has 0 radical (unpaired) electrons. The lowest BCUT2D eigenvalue weighted by molar-refractivity contribution is 0.104. The van der Waals surface area contributed by atoms with Crippen molar-refractivity contribution in [2.75, 3.05) is 0 Å². The van der Waals surface area contributed by atoms with Crippen molar-refractivity contribution in [2.24, 2.45) is 0 Å². The van der Waals surface area contributed by atoms with Gasteiger partial charge < -0.3 is 0 Å². The quantitative estimate of drug-likeness (QED) is 0.575. The maximum Gasteiger partial charge on any atom is 0.185 e. The average Bonchev–Trinajstić information content (AvgIpc) is 2.42. The van der Waals surface area contributed by atoms with Crippen LogP contribution < -0.4 is 0 Å². The largest absolute Gasteiger partial charge is 0.289 e. The van der Waals surface area contributed by atoms with Crippen LogP contribution in [0, 0.1) is 13.8 Å². The number of ketones is 1. The summed E-state index contributed by atoms with van der Waals surface area (Å²) in [5.74, 6) is -0.00767. The minimum atomic E-state index is -0.00767. The van der Waals surface area contributed by atoms with E-state index in [-0.39, 0.29) is 5.78 Å². The Kier molecular flexibility index (Phi) is 4.18. The first-order valence-electron chi connectivity index (χ1n) is 6.12. The average molecular weight is 271 g/mol. The van der Waals surface area contributed by atoms with E-state index in [0.29, 0.717) is 5.56 Å². The number of benzene rings is 2. The minimum absolute atomic E-state index is 0.00767. The highest BCUT2D eigenvalue weighted by molar-refractivity contribution is 6.32. The van der Waals surface area contributed by atoms with Crippen molar-refractivity contribution in [2.45, 2.75) is 13.8 Å². The number of rotatable bonds is 3. The second kappa shape index (κ2) is 5.85. The SMILES string of the molecule is Cc1cc(C(=O)C=Cc2ccccc2)cc(C)c1Cl. The van der Waals surface area contributed by atoms with Gasteiger partial charge in [0, 0.05) is 10.6 Å². The molecule has 0 aromatic heterocycles. The summed E-state index contributed by atoms with van der Waals surface area (Å²) < 4.78 is 0. The molecule has 1 nitrogen and oxygen atoms in total. The summed E-state index contributed by atoms with van der Waals surface area (Å²) in [6, 6.07) is 13.4. The first kappa shape index (κ1) is 13.6. The summed E-state index contributed by atoms with van der Waals surface area (Å²) in [7, 11) is 0. The third-order valence-electron chi connectivity index (χ3n) is 2.95. The van der Waals surface area contributed by atoms with Crippen LogP contribution in [0.15, 0.2) is 48.5 Å². The van der Waals surface area contributed by atoms with Crippen molar-refractivity contribution in [1.29, 1.82) is 0 Å². The lowest BCUT2D eigenvalue weighted by Crippen LogP contribution is -1.96. The fourth-order valence-corrected chi connectivity index (χ4v) is 2.03. The molecule has 0 saturated carbocycles. The summed E-state index contributed by atoms with van der Waals surface area (Å²) in [5.41, 5.74) is 3.54. The lowest BCUT2D eigenvalue weighted by Gasteiger charge is -2.05. The fraction of sp³-hybridized carbons (Fsp3) is 0.118. The Bertz CT molecular complexity index is 604. The molecule has 96 valence electrons.